The zero-order chi connectivity index (χ0) is 37.1. The summed E-state index contributed by atoms with van der Waals surface area (Å²) in [6, 6.07) is 55.7. The van der Waals surface area contributed by atoms with Gasteiger partial charge in [0.15, 0.2) is 0 Å². The lowest BCUT2D eigenvalue weighted by atomic mass is 9.67. The number of nitrogens with zero attached hydrogens (tertiary/aromatic N) is 6. The molecule has 1 atom stereocenters. The Labute approximate surface area is 325 Å². The molecule has 2 aliphatic rings. The van der Waals surface area contributed by atoms with Crippen LogP contribution >= 0.6 is 11.8 Å². The lowest BCUT2D eigenvalue weighted by molar-refractivity contribution is 0.717. The van der Waals surface area contributed by atoms with Crippen molar-refractivity contribution in [3.63, 3.8) is 0 Å². The molecule has 0 radical (unpaired) electrons. The summed E-state index contributed by atoms with van der Waals surface area (Å²) in [5.41, 5.74) is 12.9. The van der Waals surface area contributed by atoms with E-state index < -0.39 is 5.41 Å². The Hall–Kier alpha value is -7.45. The van der Waals surface area contributed by atoms with Gasteiger partial charge in [0.25, 0.3) is 0 Å². The number of fused-ring (bicyclic) bond motifs is 15. The van der Waals surface area contributed by atoms with Crippen molar-refractivity contribution in [3.05, 3.63) is 191 Å². The number of benzene rings is 6. The molecule has 0 bridgehead atoms. The third kappa shape index (κ3) is 3.94. The largest absolute Gasteiger partial charge is 0.309 e. The van der Waals surface area contributed by atoms with Gasteiger partial charge < -0.3 is 9.13 Å². The summed E-state index contributed by atoms with van der Waals surface area (Å²) in [6.45, 7) is 0. The molecular formula is C49H26N6S. The molecule has 10 aromatic rings. The van der Waals surface area contributed by atoms with Gasteiger partial charge in [-0.2, -0.15) is 10.5 Å². The molecule has 0 saturated heterocycles. The molecule has 0 fully saturated rings. The molecule has 1 aliphatic heterocycles. The second-order valence-electron chi connectivity index (χ2n) is 14.4. The van der Waals surface area contributed by atoms with Crippen LogP contribution in [0.1, 0.15) is 33.4 Å². The van der Waals surface area contributed by atoms with Gasteiger partial charge in [-0.1, -0.05) is 72.4 Å². The standard InChI is InChI=1S/C49H26N6S/c50-26-29-15-18-43-35(22-29)36-23-30(27-51)16-19-44(36)55(43)32-25-40-48(53-28-32)47-38(11-7-21-52-47)49(40)37-10-3-6-14-45(37)56-46-20-17-31(24-39(46)49)54-41-12-4-1-8-33(41)34-9-2-5-13-42(34)54/h1-25,28H. The normalized spacial score (nSPS) is 15.1. The van der Waals surface area contributed by atoms with Gasteiger partial charge in [-0.3, -0.25) is 9.97 Å². The predicted molar refractivity (Wildman–Crippen MR) is 222 cm³/mol. The van der Waals surface area contributed by atoms with Crippen LogP contribution in [-0.2, 0) is 5.41 Å². The van der Waals surface area contributed by atoms with Crippen LogP contribution in [0.25, 0.3) is 66.4 Å². The van der Waals surface area contributed by atoms with E-state index in [0.717, 1.165) is 66.7 Å². The van der Waals surface area contributed by atoms with Gasteiger partial charge in [0, 0.05) is 48.8 Å². The van der Waals surface area contributed by atoms with E-state index in [2.05, 4.69) is 124 Å². The first kappa shape index (κ1) is 31.0. The summed E-state index contributed by atoms with van der Waals surface area (Å²) in [5.74, 6) is 0. The minimum atomic E-state index is -0.728. The van der Waals surface area contributed by atoms with Crippen LogP contribution in [0.3, 0.4) is 0 Å². The van der Waals surface area contributed by atoms with Crippen molar-refractivity contribution in [1.29, 1.82) is 10.5 Å². The second kappa shape index (κ2) is 11.3. The molecule has 258 valence electrons. The molecule has 1 spiro atoms. The van der Waals surface area contributed by atoms with Crippen molar-refractivity contribution < 1.29 is 0 Å². The number of pyridine rings is 2. The van der Waals surface area contributed by atoms with Gasteiger partial charge in [0.05, 0.1) is 74.0 Å². The number of hydrogen-bond donors (Lipinski definition) is 0. The van der Waals surface area contributed by atoms with Gasteiger partial charge in [0.2, 0.25) is 0 Å². The number of rotatable bonds is 2. The highest BCUT2D eigenvalue weighted by Crippen LogP contribution is 2.62. The molecule has 4 aromatic heterocycles. The zero-order valence-corrected chi connectivity index (χ0v) is 30.4. The van der Waals surface area contributed by atoms with Crippen molar-refractivity contribution in [1.82, 2.24) is 19.1 Å². The van der Waals surface area contributed by atoms with Crippen LogP contribution in [0.5, 0.6) is 0 Å². The van der Waals surface area contributed by atoms with Crippen LogP contribution in [0.2, 0.25) is 0 Å². The molecule has 6 nitrogen and oxygen atoms in total. The van der Waals surface area contributed by atoms with Gasteiger partial charge in [-0.15, -0.1) is 0 Å². The molecular weight excluding hydrogens is 705 g/mol. The van der Waals surface area contributed by atoms with Crippen LogP contribution in [0, 0.1) is 22.7 Å². The van der Waals surface area contributed by atoms with Crippen LogP contribution in [-0.4, -0.2) is 19.1 Å². The van der Waals surface area contributed by atoms with Crippen molar-refractivity contribution in [2.45, 2.75) is 15.2 Å². The highest BCUT2D eigenvalue weighted by atomic mass is 32.2. The molecule has 12 rings (SSSR count). The molecule has 5 heterocycles. The first-order valence-corrected chi connectivity index (χ1v) is 19.2. The monoisotopic (exact) mass is 730 g/mol. The van der Waals surface area contributed by atoms with Crippen molar-refractivity contribution >= 4 is 55.4 Å². The van der Waals surface area contributed by atoms with E-state index in [0.29, 0.717) is 11.1 Å². The quantitative estimate of drug-likeness (QED) is 0.177. The molecule has 7 heteroatoms. The van der Waals surface area contributed by atoms with Gasteiger partial charge in [-0.05, 0) is 102 Å². The van der Waals surface area contributed by atoms with E-state index >= 15 is 0 Å². The summed E-state index contributed by atoms with van der Waals surface area (Å²) in [6.07, 6.45) is 3.80. The summed E-state index contributed by atoms with van der Waals surface area (Å²) in [5, 5.41) is 24.0. The van der Waals surface area contributed by atoms with E-state index in [4.69, 9.17) is 9.97 Å². The van der Waals surface area contributed by atoms with Crippen molar-refractivity contribution in [2.24, 2.45) is 0 Å². The minimum absolute atomic E-state index is 0.568. The topological polar surface area (TPSA) is 83.2 Å². The number of para-hydroxylation sites is 2. The van der Waals surface area contributed by atoms with Crippen LogP contribution < -0.4 is 0 Å². The summed E-state index contributed by atoms with van der Waals surface area (Å²) in [4.78, 5) is 12.7. The SMILES string of the molecule is N#Cc1ccc2c(c1)c1cc(C#N)ccc1n2-c1cnc2c(c1)C1(c3ccccc3Sc3ccc(-n4c5ccccc5c5ccccc54)cc31)c1cccnc1-2. The van der Waals surface area contributed by atoms with E-state index in [1.807, 2.05) is 66.6 Å². The Bertz CT molecular complexity index is 3330. The Kier molecular flexibility index (Phi) is 6.24. The Balaban J connectivity index is 1.19. The number of hydrogen-bond acceptors (Lipinski definition) is 5. The van der Waals surface area contributed by atoms with Crippen LogP contribution in [0.4, 0.5) is 0 Å². The Morgan fingerprint density at radius 1 is 0.464 bits per heavy atom. The van der Waals surface area contributed by atoms with E-state index in [9.17, 15) is 10.5 Å². The molecule has 6 aromatic carbocycles. The van der Waals surface area contributed by atoms with E-state index in [-0.39, 0.29) is 0 Å². The van der Waals surface area contributed by atoms with Crippen LogP contribution in [0.15, 0.2) is 168 Å². The molecule has 56 heavy (non-hydrogen) atoms. The third-order valence-electron chi connectivity index (χ3n) is 11.7. The zero-order valence-electron chi connectivity index (χ0n) is 29.6. The van der Waals surface area contributed by atoms with Gasteiger partial charge in [-0.25, -0.2) is 0 Å². The maximum absolute atomic E-state index is 9.84. The first-order chi connectivity index (χ1) is 27.7. The van der Waals surface area contributed by atoms with E-state index in [1.165, 1.54) is 31.7 Å². The second-order valence-corrected chi connectivity index (χ2v) is 15.5. The number of nitriles is 2. The van der Waals surface area contributed by atoms with Crippen molar-refractivity contribution in [3.8, 4) is 34.9 Å². The Morgan fingerprint density at radius 3 is 1.75 bits per heavy atom. The first-order valence-electron chi connectivity index (χ1n) is 18.4. The van der Waals surface area contributed by atoms with E-state index in [1.54, 1.807) is 0 Å². The lowest BCUT2D eigenvalue weighted by Gasteiger charge is -2.39. The fourth-order valence-corrected chi connectivity index (χ4v) is 10.7. The van der Waals surface area contributed by atoms with Crippen molar-refractivity contribution in [2.75, 3.05) is 0 Å². The summed E-state index contributed by atoms with van der Waals surface area (Å²) >= 11 is 1.81. The average molecular weight is 731 g/mol. The molecule has 0 amide bonds. The third-order valence-corrected chi connectivity index (χ3v) is 12.9. The molecule has 0 saturated carbocycles. The highest BCUT2D eigenvalue weighted by molar-refractivity contribution is 7.99. The molecule has 1 unspecified atom stereocenters. The highest BCUT2D eigenvalue weighted by Gasteiger charge is 2.52. The van der Waals surface area contributed by atoms with Gasteiger partial charge >= 0.3 is 0 Å². The fourth-order valence-electron chi connectivity index (χ4n) is 9.48. The van der Waals surface area contributed by atoms with Gasteiger partial charge in [0.1, 0.15) is 0 Å². The average Bonchev–Trinajstić information content (AvgIpc) is 3.87. The maximum atomic E-state index is 9.84. The smallest absolute Gasteiger partial charge is 0.0991 e. The summed E-state index contributed by atoms with van der Waals surface area (Å²) < 4.78 is 4.60. The maximum Gasteiger partial charge on any atom is 0.0991 e. The minimum Gasteiger partial charge on any atom is -0.309 e. The molecule has 0 N–H and O–H groups in total. The Morgan fingerprint density at radius 2 is 1.04 bits per heavy atom. The predicted octanol–water partition coefficient (Wildman–Crippen LogP) is 11.2. The molecule has 1 aliphatic carbocycles. The summed E-state index contributed by atoms with van der Waals surface area (Å²) in [7, 11) is 0. The lowest BCUT2D eigenvalue weighted by Crippen LogP contribution is -2.32. The fraction of sp³-hybridized carbons (Fsp3) is 0.0204. The number of aromatic nitrogens is 4.